The molecule has 1 aliphatic heterocycles. The molecule has 0 atom stereocenters. The highest BCUT2D eigenvalue weighted by Crippen LogP contribution is 2.32. The number of hydrogen-bond donors (Lipinski definition) is 1. The number of carboxylic acid groups (broad SMARTS) is 1. The Morgan fingerprint density at radius 3 is 2.39 bits per heavy atom. The van der Waals surface area contributed by atoms with Crippen molar-refractivity contribution in [3.63, 3.8) is 0 Å². The highest BCUT2D eigenvalue weighted by atomic mass is 16.5. The molecule has 0 aromatic heterocycles. The Morgan fingerprint density at radius 2 is 1.94 bits per heavy atom. The first kappa shape index (κ1) is 12.6. The number of anilines is 1. The molecule has 0 bridgehead atoms. The summed E-state index contributed by atoms with van der Waals surface area (Å²) in [4.78, 5) is 24.9. The summed E-state index contributed by atoms with van der Waals surface area (Å²) in [6.07, 6.45) is 0. The lowest BCUT2D eigenvalue weighted by Crippen LogP contribution is -2.59. The number of benzene rings is 1. The van der Waals surface area contributed by atoms with E-state index in [1.54, 1.807) is 13.1 Å². The highest BCUT2D eigenvalue weighted by molar-refractivity contribution is 6.10. The highest BCUT2D eigenvalue weighted by Gasteiger charge is 2.54. The zero-order chi connectivity index (χ0) is 13.3. The lowest BCUT2D eigenvalue weighted by Gasteiger charge is -2.38. The average molecular weight is 249 g/mol. The van der Waals surface area contributed by atoms with Crippen molar-refractivity contribution in [2.45, 2.75) is 6.92 Å². The van der Waals surface area contributed by atoms with Gasteiger partial charge in [0.25, 0.3) is 0 Å². The van der Waals surface area contributed by atoms with Gasteiger partial charge in [0.05, 0.1) is 13.2 Å². The first-order valence-electron chi connectivity index (χ1n) is 5.64. The lowest BCUT2D eigenvalue weighted by atomic mass is 9.84. The molecular weight excluding hydrogens is 234 g/mol. The SMILES string of the molecule is Cc1ccccc1N(C)C(=O)C1(C(=O)O)COC1. The molecule has 2 rings (SSSR count). The maximum absolute atomic E-state index is 12.3. The average Bonchev–Trinajstić information content (AvgIpc) is 2.26. The van der Waals surface area contributed by atoms with E-state index in [-0.39, 0.29) is 13.2 Å². The zero-order valence-corrected chi connectivity index (χ0v) is 10.3. The number of aliphatic carboxylic acids is 1. The minimum Gasteiger partial charge on any atom is -0.480 e. The van der Waals surface area contributed by atoms with Crippen LogP contribution in [-0.2, 0) is 14.3 Å². The van der Waals surface area contributed by atoms with E-state index >= 15 is 0 Å². The summed E-state index contributed by atoms with van der Waals surface area (Å²) in [5.74, 6) is -1.56. The topological polar surface area (TPSA) is 66.8 Å². The number of ether oxygens (including phenoxy) is 1. The van der Waals surface area contributed by atoms with Gasteiger partial charge in [-0.2, -0.15) is 0 Å². The van der Waals surface area contributed by atoms with E-state index in [0.717, 1.165) is 11.3 Å². The smallest absolute Gasteiger partial charge is 0.324 e. The molecule has 1 aromatic carbocycles. The maximum atomic E-state index is 12.3. The maximum Gasteiger partial charge on any atom is 0.324 e. The Bertz CT molecular complexity index is 494. The van der Waals surface area contributed by atoms with E-state index in [9.17, 15) is 14.7 Å². The fourth-order valence-electron chi connectivity index (χ4n) is 2.01. The van der Waals surface area contributed by atoms with E-state index in [4.69, 9.17) is 4.74 Å². The second-order valence-electron chi connectivity index (χ2n) is 4.53. The van der Waals surface area contributed by atoms with Crippen LogP contribution in [0.15, 0.2) is 24.3 Å². The number of carboxylic acids is 1. The fourth-order valence-corrected chi connectivity index (χ4v) is 2.01. The summed E-state index contributed by atoms with van der Waals surface area (Å²) in [6, 6.07) is 7.36. The minimum absolute atomic E-state index is 0.0581. The van der Waals surface area contributed by atoms with Gasteiger partial charge in [-0.1, -0.05) is 18.2 Å². The predicted molar refractivity (Wildman–Crippen MR) is 65.5 cm³/mol. The van der Waals surface area contributed by atoms with Crippen LogP contribution < -0.4 is 4.90 Å². The Hall–Kier alpha value is -1.88. The van der Waals surface area contributed by atoms with Crippen molar-refractivity contribution in [2.75, 3.05) is 25.2 Å². The summed E-state index contributed by atoms with van der Waals surface area (Å²) < 4.78 is 4.91. The Balaban J connectivity index is 2.29. The molecule has 5 nitrogen and oxygen atoms in total. The van der Waals surface area contributed by atoms with Gasteiger partial charge in [0, 0.05) is 12.7 Å². The second-order valence-corrected chi connectivity index (χ2v) is 4.53. The van der Waals surface area contributed by atoms with Crippen molar-refractivity contribution in [3.8, 4) is 0 Å². The third kappa shape index (κ3) is 1.76. The van der Waals surface area contributed by atoms with Crippen LogP contribution in [0, 0.1) is 12.3 Å². The molecule has 1 aromatic rings. The molecule has 1 aliphatic rings. The number of nitrogens with zero attached hydrogens (tertiary/aromatic N) is 1. The van der Waals surface area contributed by atoms with Crippen molar-refractivity contribution < 1.29 is 19.4 Å². The van der Waals surface area contributed by atoms with Gasteiger partial charge in [-0.25, -0.2) is 0 Å². The monoisotopic (exact) mass is 249 g/mol. The van der Waals surface area contributed by atoms with Crippen molar-refractivity contribution in [2.24, 2.45) is 5.41 Å². The number of para-hydroxylation sites is 1. The van der Waals surface area contributed by atoms with Crippen molar-refractivity contribution in [3.05, 3.63) is 29.8 Å². The molecule has 18 heavy (non-hydrogen) atoms. The van der Waals surface area contributed by atoms with Gasteiger partial charge in [-0.3, -0.25) is 9.59 Å². The van der Waals surface area contributed by atoms with Crippen LogP contribution in [0.4, 0.5) is 5.69 Å². The standard InChI is InChI=1S/C13H15NO4/c1-9-5-3-4-6-10(9)14(2)11(15)13(12(16)17)7-18-8-13/h3-6H,7-8H2,1-2H3,(H,16,17). The number of aryl methyl sites for hydroxylation is 1. The van der Waals surface area contributed by atoms with E-state index in [2.05, 4.69) is 0 Å². The van der Waals surface area contributed by atoms with Gasteiger partial charge in [0.15, 0.2) is 5.41 Å². The molecule has 0 saturated carbocycles. The van der Waals surface area contributed by atoms with Crippen molar-refractivity contribution >= 4 is 17.6 Å². The molecule has 1 fully saturated rings. The quantitative estimate of drug-likeness (QED) is 0.813. The lowest BCUT2D eigenvalue weighted by molar-refractivity contribution is -0.183. The van der Waals surface area contributed by atoms with Crippen LogP contribution in [0.1, 0.15) is 5.56 Å². The third-order valence-corrected chi connectivity index (χ3v) is 3.30. The van der Waals surface area contributed by atoms with Crippen LogP contribution in [0.5, 0.6) is 0 Å². The summed E-state index contributed by atoms with van der Waals surface area (Å²) in [7, 11) is 1.59. The van der Waals surface area contributed by atoms with Gasteiger partial charge in [0.2, 0.25) is 5.91 Å². The molecule has 1 amide bonds. The Labute approximate surface area is 105 Å². The van der Waals surface area contributed by atoms with E-state index < -0.39 is 17.3 Å². The Morgan fingerprint density at radius 1 is 1.33 bits per heavy atom. The van der Waals surface area contributed by atoms with E-state index in [0.29, 0.717) is 0 Å². The molecule has 1 N–H and O–H groups in total. The summed E-state index contributed by atoms with van der Waals surface area (Å²) in [6.45, 7) is 1.76. The van der Waals surface area contributed by atoms with Crippen LogP contribution >= 0.6 is 0 Å². The third-order valence-electron chi connectivity index (χ3n) is 3.30. The fraction of sp³-hybridized carbons (Fsp3) is 0.385. The molecule has 0 aliphatic carbocycles. The zero-order valence-electron chi connectivity index (χ0n) is 10.3. The van der Waals surface area contributed by atoms with Crippen LogP contribution in [0.25, 0.3) is 0 Å². The molecule has 5 heteroatoms. The molecule has 96 valence electrons. The summed E-state index contributed by atoms with van der Waals surface area (Å²) >= 11 is 0. The van der Waals surface area contributed by atoms with Crippen molar-refractivity contribution in [1.29, 1.82) is 0 Å². The van der Waals surface area contributed by atoms with Gasteiger partial charge < -0.3 is 14.7 Å². The molecule has 1 saturated heterocycles. The molecule has 1 heterocycles. The first-order chi connectivity index (χ1) is 8.49. The molecule has 0 radical (unpaired) electrons. The minimum atomic E-state index is -1.42. The molecule has 0 unspecified atom stereocenters. The molecular formula is C13H15NO4. The molecule has 0 spiro atoms. The number of rotatable bonds is 3. The van der Waals surface area contributed by atoms with Crippen LogP contribution in [-0.4, -0.2) is 37.2 Å². The normalized spacial score (nSPS) is 16.8. The number of amides is 1. The van der Waals surface area contributed by atoms with Gasteiger partial charge in [-0.15, -0.1) is 0 Å². The van der Waals surface area contributed by atoms with E-state index in [1.165, 1.54) is 4.90 Å². The van der Waals surface area contributed by atoms with Gasteiger partial charge >= 0.3 is 5.97 Å². The number of hydrogen-bond acceptors (Lipinski definition) is 3. The van der Waals surface area contributed by atoms with Crippen LogP contribution in [0.2, 0.25) is 0 Å². The van der Waals surface area contributed by atoms with Gasteiger partial charge in [-0.05, 0) is 18.6 Å². The van der Waals surface area contributed by atoms with Gasteiger partial charge in [0.1, 0.15) is 0 Å². The Kier molecular flexibility index (Phi) is 3.09. The largest absolute Gasteiger partial charge is 0.480 e. The van der Waals surface area contributed by atoms with Crippen LogP contribution in [0.3, 0.4) is 0 Å². The first-order valence-corrected chi connectivity index (χ1v) is 5.64. The summed E-state index contributed by atoms with van der Waals surface area (Å²) in [5.41, 5.74) is 0.223. The van der Waals surface area contributed by atoms with Crippen molar-refractivity contribution in [1.82, 2.24) is 0 Å². The number of carbonyl (C=O) groups excluding carboxylic acids is 1. The summed E-state index contributed by atoms with van der Waals surface area (Å²) in [5, 5.41) is 9.19. The number of carbonyl (C=O) groups is 2. The second kappa shape index (κ2) is 4.42. The predicted octanol–water partition coefficient (Wildman–Crippen LogP) is 1.06. The van der Waals surface area contributed by atoms with E-state index in [1.807, 2.05) is 25.1 Å².